The molecule has 0 rings (SSSR count). The van der Waals surface area contributed by atoms with Crippen molar-refractivity contribution in [2.45, 2.75) is 213 Å². The van der Waals surface area contributed by atoms with Gasteiger partial charge >= 0.3 is 5.97 Å². The molecule has 0 saturated heterocycles. The molecule has 406 valence electrons. The van der Waals surface area contributed by atoms with E-state index in [0.717, 1.165) is 109 Å². The number of hydrogen-bond acceptors (Lipinski definition) is 7. The van der Waals surface area contributed by atoms with E-state index in [4.69, 9.17) is 18.5 Å². The Labute approximate surface area is 437 Å². The number of nitrogens with zero attached hydrogens (tertiary/aromatic N) is 1. The van der Waals surface area contributed by atoms with E-state index in [0.29, 0.717) is 17.6 Å². The fourth-order valence-corrected chi connectivity index (χ4v) is 7.98. The Morgan fingerprint density at radius 3 is 1.15 bits per heavy atom. The molecule has 8 nitrogen and oxygen atoms in total. The molecule has 2 atom stereocenters. The van der Waals surface area contributed by atoms with Crippen LogP contribution in [0.5, 0.6) is 0 Å². The van der Waals surface area contributed by atoms with Crippen molar-refractivity contribution in [3.05, 3.63) is 122 Å². The second-order valence-corrected chi connectivity index (χ2v) is 20.9. The largest absolute Gasteiger partial charge is 0.756 e. The lowest BCUT2D eigenvalue weighted by atomic mass is 10.1. The van der Waals surface area contributed by atoms with E-state index in [-0.39, 0.29) is 32.2 Å². The monoisotopic (exact) mass is 1010 g/mol. The number of likely N-dealkylation sites (N-methyl/N-ethyl adjacent to an activating group) is 1. The first kappa shape index (κ1) is 67.9. The fraction of sp³-hybridized carbons (Fsp3) is 0.661. The quantitative estimate of drug-likeness (QED) is 0.0197. The third-order valence-electron chi connectivity index (χ3n) is 11.5. The van der Waals surface area contributed by atoms with Crippen molar-refractivity contribution in [1.82, 2.24) is 0 Å². The van der Waals surface area contributed by atoms with Gasteiger partial charge in [0, 0.05) is 13.0 Å². The van der Waals surface area contributed by atoms with Gasteiger partial charge in [0.25, 0.3) is 7.82 Å². The first-order valence-electron chi connectivity index (χ1n) is 28.3. The van der Waals surface area contributed by atoms with Crippen LogP contribution >= 0.6 is 7.82 Å². The average molecular weight is 1010 g/mol. The van der Waals surface area contributed by atoms with Gasteiger partial charge in [0.05, 0.1) is 34.4 Å². The van der Waals surface area contributed by atoms with Crippen LogP contribution in [0.2, 0.25) is 0 Å². The van der Waals surface area contributed by atoms with Gasteiger partial charge in [-0.05, 0) is 103 Å². The second-order valence-electron chi connectivity index (χ2n) is 19.5. The Morgan fingerprint density at radius 2 is 0.775 bits per heavy atom. The van der Waals surface area contributed by atoms with E-state index in [2.05, 4.69) is 135 Å². The minimum Gasteiger partial charge on any atom is -0.756 e. The van der Waals surface area contributed by atoms with Gasteiger partial charge in [0.15, 0.2) is 0 Å². The summed E-state index contributed by atoms with van der Waals surface area (Å²) in [6, 6.07) is 0. The van der Waals surface area contributed by atoms with Gasteiger partial charge < -0.3 is 27.9 Å². The van der Waals surface area contributed by atoms with Crippen LogP contribution in [0.1, 0.15) is 206 Å². The lowest BCUT2D eigenvalue weighted by molar-refractivity contribution is -0.870. The average Bonchev–Trinajstić information content (AvgIpc) is 3.33. The highest BCUT2D eigenvalue weighted by Crippen LogP contribution is 2.38. The van der Waals surface area contributed by atoms with Crippen molar-refractivity contribution < 1.29 is 37.3 Å². The molecule has 0 heterocycles. The molecule has 2 unspecified atom stereocenters. The third kappa shape index (κ3) is 57.7. The van der Waals surface area contributed by atoms with Crippen molar-refractivity contribution in [3.8, 4) is 0 Å². The van der Waals surface area contributed by atoms with Gasteiger partial charge in [0.1, 0.15) is 19.3 Å². The topological polar surface area (TPSA) is 94.1 Å². The maximum Gasteiger partial charge on any atom is 0.306 e. The van der Waals surface area contributed by atoms with E-state index in [1.54, 1.807) is 0 Å². The standard InChI is InChI=1S/C62H106NO7P/c1-6-8-10-12-14-16-18-20-22-24-26-28-30-32-33-35-37-39-41-43-45-47-49-51-53-55-62(64)70-61(60-69-71(65,66)68-58-56-63(3,4)5)59-67-57-54-52-50-48-46-44-42-40-38-36-34-31-29-27-25-23-21-19-17-15-13-11-9-7-2/h8-11,14-17,20-23,26-29,32-33,37,39,61H,6-7,12-13,18-19,24-25,30-31,34-36,38,40-60H2,1-5H3/b10-8-,11-9-,16-14-,17-15-,22-20-,23-21-,28-26-,29-27-,33-32-,39-37-. The molecule has 0 amide bonds. The van der Waals surface area contributed by atoms with Crippen LogP contribution in [0.3, 0.4) is 0 Å². The molecule has 0 radical (unpaired) electrons. The Hall–Kier alpha value is -3.10. The summed E-state index contributed by atoms with van der Waals surface area (Å²) in [6.45, 7) is 5.14. The summed E-state index contributed by atoms with van der Waals surface area (Å²) >= 11 is 0. The van der Waals surface area contributed by atoms with Crippen molar-refractivity contribution >= 4 is 13.8 Å². The molecule has 0 aromatic carbocycles. The summed E-state index contributed by atoms with van der Waals surface area (Å²) in [5.41, 5.74) is 0. The molecule has 0 aromatic rings. The van der Waals surface area contributed by atoms with Crippen LogP contribution in [0.4, 0.5) is 0 Å². The molecular weight excluding hydrogens is 902 g/mol. The first-order valence-corrected chi connectivity index (χ1v) is 29.7. The van der Waals surface area contributed by atoms with Crippen LogP contribution in [0.25, 0.3) is 0 Å². The maximum atomic E-state index is 12.8. The Kier molecular flexibility index (Phi) is 50.9. The van der Waals surface area contributed by atoms with Crippen LogP contribution < -0.4 is 4.89 Å². The number of hydrogen-bond donors (Lipinski definition) is 0. The molecule has 71 heavy (non-hydrogen) atoms. The molecule has 0 aromatic heterocycles. The Bertz CT molecular complexity index is 1550. The molecule has 0 spiro atoms. The smallest absolute Gasteiger partial charge is 0.306 e. The van der Waals surface area contributed by atoms with Gasteiger partial charge in [-0.15, -0.1) is 0 Å². The predicted molar refractivity (Wildman–Crippen MR) is 304 cm³/mol. The Morgan fingerprint density at radius 1 is 0.437 bits per heavy atom. The molecule has 0 bridgehead atoms. The molecule has 0 aliphatic heterocycles. The van der Waals surface area contributed by atoms with Crippen molar-refractivity contribution in [2.75, 3.05) is 54.1 Å². The highest BCUT2D eigenvalue weighted by atomic mass is 31.2. The Balaban J connectivity index is 4.17. The zero-order valence-electron chi connectivity index (χ0n) is 46.1. The van der Waals surface area contributed by atoms with Gasteiger partial charge in [0.2, 0.25) is 0 Å². The van der Waals surface area contributed by atoms with E-state index in [1.165, 1.54) is 77.0 Å². The molecule has 0 aliphatic carbocycles. The second kappa shape index (κ2) is 53.2. The van der Waals surface area contributed by atoms with E-state index in [1.807, 2.05) is 21.1 Å². The molecule has 0 aliphatic rings. The SMILES string of the molecule is CC/C=C\C/C=C\C/C=C\C/C=C\C/C=C\C/C=C\CCCCCCCCC(=O)OC(COCCCCCCCCCCCCC/C=C\C/C=C\C/C=C\C/C=C\CC)COP(=O)([O-])OCC[N+](C)(C)C. The number of unbranched alkanes of at least 4 members (excludes halogenated alkanes) is 17. The van der Waals surface area contributed by atoms with E-state index in [9.17, 15) is 14.3 Å². The van der Waals surface area contributed by atoms with Gasteiger partial charge in [-0.1, -0.05) is 219 Å². The first-order chi connectivity index (χ1) is 34.6. The number of carbonyl (C=O) groups is 1. The van der Waals surface area contributed by atoms with Crippen LogP contribution in [0, 0.1) is 0 Å². The third-order valence-corrected chi connectivity index (χ3v) is 12.5. The van der Waals surface area contributed by atoms with Crippen molar-refractivity contribution in [2.24, 2.45) is 0 Å². The summed E-state index contributed by atoms with van der Waals surface area (Å²) < 4.78 is 34.8. The molecular formula is C62H106NO7P. The minimum atomic E-state index is -4.55. The number of allylic oxidation sites excluding steroid dienone is 20. The summed E-state index contributed by atoms with van der Waals surface area (Å²) in [6.07, 6.45) is 76.6. The lowest BCUT2D eigenvalue weighted by Gasteiger charge is -2.28. The normalized spacial score (nSPS) is 14.4. The van der Waals surface area contributed by atoms with Crippen LogP contribution in [0.15, 0.2) is 122 Å². The highest BCUT2D eigenvalue weighted by Gasteiger charge is 2.20. The van der Waals surface area contributed by atoms with Crippen LogP contribution in [-0.4, -0.2) is 70.7 Å². The summed E-state index contributed by atoms with van der Waals surface area (Å²) in [7, 11) is 1.33. The number of esters is 1. The molecule has 0 fully saturated rings. The number of phosphoric acid groups is 1. The molecule has 0 saturated carbocycles. The number of phosphoric ester groups is 1. The number of carbonyl (C=O) groups excluding carboxylic acids is 1. The van der Waals surface area contributed by atoms with Crippen molar-refractivity contribution in [1.29, 1.82) is 0 Å². The fourth-order valence-electron chi connectivity index (χ4n) is 7.25. The van der Waals surface area contributed by atoms with Gasteiger partial charge in [-0.25, -0.2) is 0 Å². The number of ether oxygens (including phenoxy) is 2. The van der Waals surface area contributed by atoms with Gasteiger partial charge in [-0.3, -0.25) is 9.36 Å². The summed E-state index contributed by atoms with van der Waals surface area (Å²) in [5.74, 6) is -0.353. The summed E-state index contributed by atoms with van der Waals surface area (Å²) in [5, 5.41) is 0. The predicted octanol–water partition coefficient (Wildman–Crippen LogP) is 17.4. The zero-order valence-corrected chi connectivity index (χ0v) is 47.0. The van der Waals surface area contributed by atoms with E-state index >= 15 is 0 Å². The van der Waals surface area contributed by atoms with E-state index < -0.39 is 13.9 Å². The number of quaternary nitrogens is 1. The molecule has 0 N–H and O–H groups in total. The maximum absolute atomic E-state index is 12.8. The van der Waals surface area contributed by atoms with Crippen molar-refractivity contribution in [3.63, 3.8) is 0 Å². The van der Waals surface area contributed by atoms with Gasteiger partial charge in [-0.2, -0.15) is 0 Å². The van der Waals surface area contributed by atoms with Crippen LogP contribution in [-0.2, 0) is 27.9 Å². The molecule has 9 heteroatoms. The minimum absolute atomic E-state index is 0.0154. The number of rotatable bonds is 51. The highest BCUT2D eigenvalue weighted by molar-refractivity contribution is 7.45. The summed E-state index contributed by atoms with van der Waals surface area (Å²) in [4.78, 5) is 25.3. The lowest BCUT2D eigenvalue weighted by Crippen LogP contribution is -2.37. The zero-order chi connectivity index (χ0) is 51.9.